The van der Waals surface area contributed by atoms with E-state index in [-0.39, 0.29) is 11.4 Å². The number of hydrogen-bond acceptors (Lipinski definition) is 4. The average Bonchev–Trinajstić information content (AvgIpc) is 3.17. The predicted molar refractivity (Wildman–Crippen MR) is 131 cm³/mol. The minimum Gasteiger partial charge on any atom is -0.494 e. The molecule has 33 heavy (non-hydrogen) atoms. The van der Waals surface area contributed by atoms with E-state index < -0.39 is 10.0 Å². The highest BCUT2D eigenvalue weighted by Crippen LogP contribution is 2.21. The largest absolute Gasteiger partial charge is 0.494 e. The van der Waals surface area contributed by atoms with Crippen LogP contribution < -0.4 is 4.74 Å². The Hall–Kier alpha value is -2.87. The van der Waals surface area contributed by atoms with E-state index in [0.717, 1.165) is 42.0 Å². The average molecular weight is 484 g/mol. The van der Waals surface area contributed by atoms with Crippen LogP contribution in [-0.2, 0) is 23.1 Å². The van der Waals surface area contributed by atoms with Crippen LogP contribution in [0.2, 0.25) is 5.02 Å². The molecule has 0 aliphatic rings. The summed E-state index contributed by atoms with van der Waals surface area (Å²) in [6.07, 6.45) is 1.73. The molecule has 3 aromatic carbocycles. The number of hydrogen-bond donors (Lipinski definition) is 0. The summed E-state index contributed by atoms with van der Waals surface area (Å²) < 4.78 is 35.2. The van der Waals surface area contributed by atoms with Gasteiger partial charge in [0.05, 0.1) is 29.1 Å². The van der Waals surface area contributed by atoms with Crippen molar-refractivity contribution in [1.82, 2.24) is 13.9 Å². The first-order chi connectivity index (χ1) is 15.9. The highest BCUT2D eigenvalue weighted by molar-refractivity contribution is 7.89. The molecule has 1 aromatic heterocycles. The van der Waals surface area contributed by atoms with Crippen LogP contribution in [0.5, 0.6) is 5.75 Å². The molecule has 0 radical (unpaired) electrons. The Balaban J connectivity index is 1.44. The maximum atomic E-state index is 13.0. The van der Waals surface area contributed by atoms with Crippen LogP contribution in [0, 0.1) is 0 Å². The van der Waals surface area contributed by atoms with Crippen molar-refractivity contribution in [3.63, 3.8) is 0 Å². The Bertz CT molecular complexity index is 1310. The Kier molecular flexibility index (Phi) is 7.33. The molecule has 1 heterocycles. The molecular weight excluding hydrogens is 458 g/mol. The molecule has 0 aliphatic carbocycles. The first-order valence-electron chi connectivity index (χ1n) is 10.8. The van der Waals surface area contributed by atoms with E-state index in [1.807, 2.05) is 36.4 Å². The molecule has 0 fully saturated rings. The molecule has 0 spiro atoms. The number of rotatable bonds is 10. The van der Waals surface area contributed by atoms with Crippen molar-refractivity contribution in [2.75, 3.05) is 13.7 Å². The fourth-order valence-electron chi connectivity index (χ4n) is 3.64. The number of halogens is 1. The monoisotopic (exact) mass is 483 g/mol. The van der Waals surface area contributed by atoms with Crippen molar-refractivity contribution in [2.24, 2.45) is 0 Å². The number of unbranched alkanes of at least 4 members (excludes halogenated alkanes) is 1. The first-order valence-corrected chi connectivity index (χ1v) is 12.6. The van der Waals surface area contributed by atoms with E-state index in [9.17, 15) is 8.42 Å². The lowest BCUT2D eigenvalue weighted by atomic mass is 10.3. The van der Waals surface area contributed by atoms with Crippen molar-refractivity contribution in [3.05, 3.63) is 89.7 Å². The molecule has 0 amide bonds. The Morgan fingerprint density at radius 1 is 0.939 bits per heavy atom. The lowest BCUT2D eigenvalue weighted by Crippen LogP contribution is -2.28. The maximum absolute atomic E-state index is 13.0. The van der Waals surface area contributed by atoms with Gasteiger partial charge in [-0.2, -0.15) is 4.31 Å². The highest BCUT2D eigenvalue weighted by atomic mass is 35.5. The first kappa shape index (κ1) is 23.3. The van der Waals surface area contributed by atoms with Crippen molar-refractivity contribution in [1.29, 1.82) is 0 Å². The Labute approximate surface area is 199 Å². The third-order valence-electron chi connectivity index (χ3n) is 5.41. The zero-order valence-electron chi connectivity index (χ0n) is 18.4. The molecule has 0 N–H and O–H groups in total. The molecule has 4 aromatic rings. The fourth-order valence-corrected chi connectivity index (χ4v) is 4.92. The zero-order chi connectivity index (χ0) is 23.3. The molecule has 0 unspecified atom stereocenters. The third-order valence-corrected chi connectivity index (χ3v) is 7.48. The van der Waals surface area contributed by atoms with Gasteiger partial charge in [0.2, 0.25) is 10.0 Å². The summed E-state index contributed by atoms with van der Waals surface area (Å²) in [5.74, 6) is 1.51. The molecular formula is C25H26ClN3O3S. The normalized spacial score (nSPS) is 11.8. The van der Waals surface area contributed by atoms with Crippen LogP contribution >= 0.6 is 11.6 Å². The second-order valence-electron chi connectivity index (χ2n) is 7.75. The summed E-state index contributed by atoms with van der Waals surface area (Å²) in [5.41, 5.74) is 1.85. The van der Waals surface area contributed by atoms with Crippen LogP contribution in [0.1, 0.15) is 18.7 Å². The van der Waals surface area contributed by atoms with Crippen LogP contribution in [0.25, 0.3) is 11.0 Å². The van der Waals surface area contributed by atoms with Crippen molar-refractivity contribution in [2.45, 2.75) is 30.8 Å². The van der Waals surface area contributed by atoms with E-state index in [4.69, 9.17) is 21.3 Å². The van der Waals surface area contributed by atoms with E-state index in [1.54, 1.807) is 49.5 Å². The lowest BCUT2D eigenvalue weighted by molar-refractivity contribution is 0.303. The summed E-state index contributed by atoms with van der Waals surface area (Å²) in [6, 6.07) is 23.7. The van der Waals surface area contributed by atoms with Gasteiger partial charge in [-0.05, 0) is 61.4 Å². The van der Waals surface area contributed by atoms with Gasteiger partial charge in [-0.15, -0.1) is 0 Å². The molecule has 4 rings (SSSR count). The molecule has 0 aliphatic heterocycles. The minimum atomic E-state index is -3.60. The molecule has 172 valence electrons. The SMILES string of the molecule is CN(Cc1nc2ccccc2n1CCCCOc1ccc(Cl)cc1)S(=O)(=O)c1ccccc1. The second-order valence-corrected chi connectivity index (χ2v) is 10.2. The maximum Gasteiger partial charge on any atom is 0.243 e. The summed E-state index contributed by atoms with van der Waals surface area (Å²) >= 11 is 5.91. The number of aryl methyl sites for hydroxylation is 1. The molecule has 0 bridgehead atoms. The lowest BCUT2D eigenvalue weighted by Gasteiger charge is -2.18. The Morgan fingerprint density at radius 3 is 2.39 bits per heavy atom. The number of fused-ring (bicyclic) bond motifs is 1. The molecule has 0 saturated carbocycles. The number of benzene rings is 3. The van der Waals surface area contributed by atoms with Gasteiger partial charge >= 0.3 is 0 Å². The molecule has 8 heteroatoms. The van der Waals surface area contributed by atoms with E-state index in [1.165, 1.54) is 4.31 Å². The Morgan fingerprint density at radius 2 is 1.64 bits per heavy atom. The topological polar surface area (TPSA) is 64.4 Å². The van der Waals surface area contributed by atoms with Gasteiger partial charge in [0.1, 0.15) is 11.6 Å². The number of aromatic nitrogens is 2. The number of imidazole rings is 1. The summed E-state index contributed by atoms with van der Waals surface area (Å²) in [6.45, 7) is 1.50. The van der Waals surface area contributed by atoms with Gasteiger partial charge in [0.25, 0.3) is 0 Å². The molecule has 0 saturated heterocycles. The van der Waals surface area contributed by atoms with Crippen LogP contribution in [-0.4, -0.2) is 35.9 Å². The quantitative estimate of drug-likeness (QED) is 0.284. The standard InChI is InChI=1S/C25H26ClN3O3S/c1-28(33(30,31)22-9-3-2-4-10-22)19-25-27-23-11-5-6-12-24(23)29(25)17-7-8-18-32-21-15-13-20(26)14-16-21/h2-6,9-16H,7-8,17-19H2,1H3. The smallest absolute Gasteiger partial charge is 0.243 e. The van der Waals surface area contributed by atoms with E-state index in [2.05, 4.69) is 4.57 Å². The number of nitrogens with zero attached hydrogens (tertiary/aromatic N) is 3. The number of ether oxygens (including phenoxy) is 1. The van der Waals surface area contributed by atoms with Crippen molar-refractivity contribution < 1.29 is 13.2 Å². The summed E-state index contributed by atoms with van der Waals surface area (Å²) in [5, 5.41) is 0.682. The second kappa shape index (κ2) is 10.4. The van der Waals surface area contributed by atoms with Crippen LogP contribution in [0.3, 0.4) is 0 Å². The van der Waals surface area contributed by atoms with Gasteiger partial charge in [-0.3, -0.25) is 0 Å². The summed E-state index contributed by atoms with van der Waals surface area (Å²) in [7, 11) is -2.01. The molecule has 6 nitrogen and oxygen atoms in total. The van der Waals surface area contributed by atoms with Gasteiger partial charge in [0, 0.05) is 18.6 Å². The molecule has 0 atom stereocenters. The van der Waals surface area contributed by atoms with Gasteiger partial charge in [-0.25, -0.2) is 13.4 Å². The fraction of sp³-hybridized carbons (Fsp3) is 0.240. The van der Waals surface area contributed by atoms with E-state index >= 15 is 0 Å². The minimum absolute atomic E-state index is 0.188. The van der Waals surface area contributed by atoms with Crippen molar-refractivity contribution in [3.8, 4) is 5.75 Å². The number of sulfonamides is 1. The van der Waals surface area contributed by atoms with E-state index in [0.29, 0.717) is 11.6 Å². The predicted octanol–water partition coefficient (Wildman–Crippen LogP) is 5.37. The zero-order valence-corrected chi connectivity index (χ0v) is 20.0. The van der Waals surface area contributed by atoms with Gasteiger partial charge < -0.3 is 9.30 Å². The van der Waals surface area contributed by atoms with Gasteiger partial charge in [0.15, 0.2) is 0 Å². The highest BCUT2D eigenvalue weighted by Gasteiger charge is 2.23. The van der Waals surface area contributed by atoms with Gasteiger partial charge in [-0.1, -0.05) is 41.9 Å². The van der Waals surface area contributed by atoms with Crippen LogP contribution in [0.15, 0.2) is 83.8 Å². The number of para-hydroxylation sites is 2. The third kappa shape index (κ3) is 5.55. The van der Waals surface area contributed by atoms with Crippen molar-refractivity contribution >= 4 is 32.7 Å². The summed E-state index contributed by atoms with van der Waals surface area (Å²) in [4.78, 5) is 5.00. The van der Waals surface area contributed by atoms with Crippen LogP contribution in [0.4, 0.5) is 0 Å².